The number of hydrogen-bond acceptors (Lipinski definition) is 3. The maximum absolute atomic E-state index is 13.5. The zero-order valence-electron chi connectivity index (χ0n) is 14.1. The molecule has 1 saturated heterocycles. The number of para-hydroxylation sites is 1. The van der Waals surface area contributed by atoms with E-state index in [9.17, 15) is 4.79 Å². The van der Waals surface area contributed by atoms with Gasteiger partial charge in [-0.3, -0.25) is 9.63 Å². The number of benzene rings is 2. The van der Waals surface area contributed by atoms with Crippen LogP contribution < -0.4 is 5.06 Å². The van der Waals surface area contributed by atoms with Crippen LogP contribution in [-0.2, 0) is 4.84 Å². The topological polar surface area (TPSA) is 29.5 Å². The Kier molecular flexibility index (Phi) is 4.11. The second-order valence-electron chi connectivity index (χ2n) is 7.54. The summed E-state index contributed by atoms with van der Waals surface area (Å²) in [4.78, 5) is 19.8. The highest BCUT2D eigenvalue weighted by Crippen LogP contribution is 2.57. The Hall–Kier alpha value is -1.36. The molecular formula is C21H19BrClNO2. The first-order valence-electron chi connectivity index (χ1n) is 9.08. The van der Waals surface area contributed by atoms with Crippen molar-refractivity contribution in [1.29, 1.82) is 0 Å². The molecule has 2 aromatic rings. The number of halogens is 2. The van der Waals surface area contributed by atoms with Crippen LogP contribution in [0.2, 0.25) is 0 Å². The van der Waals surface area contributed by atoms with E-state index in [-0.39, 0.29) is 29.2 Å². The molecule has 0 spiro atoms. The number of fused-ring (bicyclic) bond motifs is 5. The van der Waals surface area contributed by atoms with Crippen LogP contribution in [0.3, 0.4) is 0 Å². The smallest absolute Gasteiger partial charge is 0.188 e. The Labute approximate surface area is 166 Å². The lowest BCUT2D eigenvalue weighted by Gasteiger charge is -2.28. The van der Waals surface area contributed by atoms with E-state index in [2.05, 4.69) is 15.9 Å². The molecule has 0 amide bonds. The monoisotopic (exact) mass is 431 g/mol. The van der Waals surface area contributed by atoms with Crippen LogP contribution in [0, 0.1) is 17.8 Å². The molecule has 26 heavy (non-hydrogen) atoms. The highest BCUT2D eigenvalue weighted by Gasteiger charge is 2.62. The van der Waals surface area contributed by atoms with Gasteiger partial charge >= 0.3 is 0 Å². The van der Waals surface area contributed by atoms with Crippen LogP contribution in [-0.4, -0.2) is 23.3 Å². The first kappa shape index (κ1) is 16.8. The summed E-state index contributed by atoms with van der Waals surface area (Å²) in [5, 5.41) is 2.02. The summed E-state index contributed by atoms with van der Waals surface area (Å²) < 4.78 is 0.972. The summed E-state index contributed by atoms with van der Waals surface area (Å²) in [6.07, 6.45) is 2.11. The molecule has 0 aromatic heterocycles. The van der Waals surface area contributed by atoms with Gasteiger partial charge in [-0.15, -0.1) is 11.6 Å². The quantitative estimate of drug-likeness (QED) is 0.500. The summed E-state index contributed by atoms with van der Waals surface area (Å²) >= 11 is 9.99. The maximum atomic E-state index is 13.5. The number of nitrogens with zero attached hydrogens (tertiary/aromatic N) is 1. The average Bonchev–Trinajstić information content (AvgIpc) is 3.32. The summed E-state index contributed by atoms with van der Waals surface area (Å²) in [7, 11) is 0. The van der Waals surface area contributed by atoms with Gasteiger partial charge in [0.25, 0.3) is 0 Å². The number of hydroxylamine groups is 1. The lowest BCUT2D eigenvalue weighted by molar-refractivity contribution is 0.0371. The van der Waals surface area contributed by atoms with Gasteiger partial charge in [-0.05, 0) is 43.0 Å². The minimum atomic E-state index is -0.289. The zero-order chi connectivity index (χ0) is 17.8. The Bertz CT molecular complexity index is 828. The van der Waals surface area contributed by atoms with Crippen molar-refractivity contribution < 1.29 is 9.63 Å². The molecular weight excluding hydrogens is 414 g/mol. The molecule has 5 rings (SSSR count). The summed E-state index contributed by atoms with van der Waals surface area (Å²) in [6, 6.07) is 17.3. The van der Waals surface area contributed by atoms with Crippen LogP contribution >= 0.6 is 27.5 Å². The molecule has 0 N–H and O–H groups in total. The van der Waals surface area contributed by atoms with E-state index in [1.807, 2.05) is 59.7 Å². The third-order valence-electron chi connectivity index (χ3n) is 6.17. The molecule has 2 saturated carbocycles. The van der Waals surface area contributed by atoms with E-state index in [0.717, 1.165) is 28.6 Å². The highest BCUT2D eigenvalue weighted by atomic mass is 79.9. The van der Waals surface area contributed by atoms with Crippen LogP contribution in [0.15, 0.2) is 59.1 Å². The van der Waals surface area contributed by atoms with Gasteiger partial charge in [0.2, 0.25) is 0 Å². The molecule has 3 fully saturated rings. The standard InChI is InChI=1S/C21H19BrClNO2/c22-14-8-6-12(7-9-14)20(25)19-18-13-10-16(17(23)11-13)21(18)26-24(19)15-4-2-1-3-5-15/h1-9,13,16-19,21H,10-11H2/t13-,16+,17+,18+,19-,21+/m1/s1. The zero-order valence-corrected chi connectivity index (χ0v) is 16.4. The first-order valence-corrected chi connectivity index (χ1v) is 10.3. The lowest BCUT2D eigenvalue weighted by Crippen LogP contribution is -2.42. The molecule has 3 nitrogen and oxygen atoms in total. The minimum Gasteiger partial charge on any atom is -0.292 e. The molecule has 134 valence electrons. The van der Waals surface area contributed by atoms with Crippen LogP contribution in [0.4, 0.5) is 5.69 Å². The number of hydrogen-bond donors (Lipinski definition) is 0. The Morgan fingerprint density at radius 3 is 2.54 bits per heavy atom. The number of carbonyl (C=O) groups is 1. The fourth-order valence-electron chi connectivity index (χ4n) is 5.07. The molecule has 6 atom stereocenters. The van der Waals surface area contributed by atoms with E-state index in [1.165, 1.54) is 0 Å². The Morgan fingerprint density at radius 1 is 1.08 bits per heavy atom. The van der Waals surface area contributed by atoms with Crippen molar-refractivity contribution in [3.05, 3.63) is 64.6 Å². The van der Waals surface area contributed by atoms with Crippen molar-refractivity contribution in [2.24, 2.45) is 17.8 Å². The molecule has 1 heterocycles. The first-order chi connectivity index (χ1) is 12.6. The summed E-state index contributed by atoms with van der Waals surface area (Å²) in [5.41, 5.74) is 1.66. The highest BCUT2D eigenvalue weighted by molar-refractivity contribution is 9.10. The van der Waals surface area contributed by atoms with Gasteiger partial charge in [0.15, 0.2) is 5.78 Å². The van der Waals surface area contributed by atoms with E-state index in [0.29, 0.717) is 11.8 Å². The second-order valence-corrected chi connectivity index (χ2v) is 9.01. The fourth-order valence-corrected chi connectivity index (χ4v) is 5.81. The third-order valence-corrected chi connectivity index (χ3v) is 7.20. The van der Waals surface area contributed by atoms with Gasteiger partial charge in [-0.2, -0.15) is 0 Å². The predicted octanol–water partition coefficient (Wildman–Crippen LogP) is 5.08. The number of anilines is 1. The minimum absolute atomic E-state index is 0.0425. The lowest BCUT2D eigenvalue weighted by atomic mass is 9.79. The predicted molar refractivity (Wildman–Crippen MR) is 105 cm³/mol. The molecule has 2 aromatic carbocycles. The molecule has 2 bridgehead atoms. The molecule has 0 unspecified atom stereocenters. The van der Waals surface area contributed by atoms with Crippen LogP contribution in [0.25, 0.3) is 0 Å². The number of alkyl halides is 1. The normalized spacial score (nSPS) is 34.9. The van der Waals surface area contributed by atoms with Crippen molar-refractivity contribution in [3.8, 4) is 0 Å². The Morgan fingerprint density at radius 2 is 1.81 bits per heavy atom. The van der Waals surface area contributed by atoms with E-state index in [4.69, 9.17) is 16.4 Å². The molecule has 2 aliphatic carbocycles. The summed E-state index contributed by atoms with van der Waals surface area (Å²) in [5.74, 6) is 1.16. The van der Waals surface area contributed by atoms with Gasteiger partial charge in [-0.25, -0.2) is 5.06 Å². The van der Waals surface area contributed by atoms with E-state index < -0.39 is 0 Å². The van der Waals surface area contributed by atoms with Crippen molar-refractivity contribution >= 4 is 39.0 Å². The van der Waals surface area contributed by atoms with Crippen LogP contribution in [0.5, 0.6) is 0 Å². The van der Waals surface area contributed by atoms with Gasteiger partial charge in [0.05, 0.1) is 11.8 Å². The number of carbonyl (C=O) groups excluding carboxylic acids is 1. The molecule has 3 aliphatic rings. The number of Topliss-reactive ketones (excluding diaryl/α,β-unsaturated/α-hetero) is 1. The van der Waals surface area contributed by atoms with E-state index >= 15 is 0 Å². The van der Waals surface area contributed by atoms with Crippen molar-refractivity contribution in [3.63, 3.8) is 0 Å². The van der Waals surface area contributed by atoms with Gasteiger partial charge in [0, 0.05) is 27.2 Å². The maximum Gasteiger partial charge on any atom is 0.188 e. The van der Waals surface area contributed by atoms with Crippen molar-refractivity contribution in [1.82, 2.24) is 0 Å². The van der Waals surface area contributed by atoms with Gasteiger partial charge < -0.3 is 0 Å². The molecule has 0 radical (unpaired) electrons. The number of ketones is 1. The van der Waals surface area contributed by atoms with Gasteiger partial charge in [-0.1, -0.05) is 46.3 Å². The van der Waals surface area contributed by atoms with Crippen molar-refractivity contribution in [2.75, 3.05) is 5.06 Å². The summed E-state index contributed by atoms with van der Waals surface area (Å²) in [6.45, 7) is 0. The second kappa shape index (κ2) is 6.36. The third kappa shape index (κ3) is 2.54. The number of rotatable bonds is 3. The SMILES string of the molecule is O=C(c1ccc(Br)cc1)[C@H]1[C@@H]2[C@@H]3C[C@H]([C@@H]2ON1c1ccccc1)[C@@H](Cl)C3. The van der Waals surface area contributed by atoms with Gasteiger partial charge in [0.1, 0.15) is 6.04 Å². The van der Waals surface area contributed by atoms with E-state index in [1.54, 1.807) is 0 Å². The average molecular weight is 433 g/mol. The largest absolute Gasteiger partial charge is 0.292 e. The van der Waals surface area contributed by atoms with Crippen LogP contribution in [0.1, 0.15) is 23.2 Å². The Balaban J connectivity index is 1.54. The molecule has 1 aliphatic heterocycles. The fraction of sp³-hybridized carbons (Fsp3) is 0.381. The molecule has 5 heteroatoms. The van der Waals surface area contributed by atoms with Crippen molar-refractivity contribution in [2.45, 2.75) is 30.4 Å².